The third-order valence-corrected chi connectivity index (χ3v) is 4.49. The number of nitrogens with one attached hydrogen (secondary N) is 1. The first-order valence-corrected chi connectivity index (χ1v) is 7.57. The van der Waals surface area contributed by atoms with Gasteiger partial charge in [0.15, 0.2) is 0 Å². The Labute approximate surface area is 131 Å². The lowest BCUT2D eigenvalue weighted by Crippen LogP contribution is -2.26. The van der Waals surface area contributed by atoms with Gasteiger partial charge in [0.2, 0.25) is 0 Å². The van der Waals surface area contributed by atoms with Gasteiger partial charge in [0, 0.05) is 6.04 Å². The van der Waals surface area contributed by atoms with Crippen LogP contribution in [0.1, 0.15) is 30.9 Å². The summed E-state index contributed by atoms with van der Waals surface area (Å²) in [6, 6.07) is 20.5. The van der Waals surface area contributed by atoms with Gasteiger partial charge >= 0.3 is 0 Å². The maximum Gasteiger partial charge on any atom is 0.0326 e. The lowest BCUT2D eigenvalue weighted by Gasteiger charge is -2.25. The van der Waals surface area contributed by atoms with Crippen LogP contribution in [-0.2, 0) is 0 Å². The molecule has 1 nitrogen and oxygen atoms in total. The molecule has 3 aromatic rings. The Kier molecular flexibility index (Phi) is 4.14. The second-order valence-corrected chi connectivity index (χ2v) is 5.74. The van der Waals surface area contributed by atoms with E-state index in [9.17, 15) is 0 Å². The molecule has 1 aliphatic heterocycles. The third-order valence-electron chi connectivity index (χ3n) is 4.49. The molecule has 0 aromatic heterocycles. The summed E-state index contributed by atoms with van der Waals surface area (Å²) in [6.45, 7) is 1.14. The zero-order valence-electron chi connectivity index (χ0n) is 12.0. The van der Waals surface area contributed by atoms with E-state index >= 15 is 0 Å². The number of fused-ring (bicyclic) bond motifs is 3. The first kappa shape index (κ1) is 14.4. The molecule has 0 spiro atoms. The normalized spacial score (nSPS) is 18.6. The maximum atomic E-state index is 3.69. The Balaban J connectivity index is 0.00000132. The molecule has 4 rings (SSSR count). The topological polar surface area (TPSA) is 12.0 Å². The first-order valence-electron chi connectivity index (χ1n) is 7.57. The zero-order chi connectivity index (χ0) is 13.4. The fourth-order valence-electron chi connectivity index (χ4n) is 3.49. The highest BCUT2D eigenvalue weighted by molar-refractivity contribution is 6.09. The highest BCUT2D eigenvalue weighted by Gasteiger charge is 2.17. The first-order chi connectivity index (χ1) is 9.93. The summed E-state index contributed by atoms with van der Waals surface area (Å²) in [5.74, 6) is 0. The minimum Gasteiger partial charge on any atom is -0.310 e. The summed E-state index contributed by atoms with van der Waals surface area (Å²) in [4.78, 5) is 0. The van der Waals surface area contributed by atoms with Gasteiger partial charge in [-0.25, -0.2) is 0 Å². The van der Waals surface area contributed by atoms with E-state index in [1.165, 1.54) is 46.4 Å². The molecule has 0 amide bonds. The van der Waals surface area contributed by atoms with Gasteiger partial charge in [-0.1, -0.05) is 55.0 Å². The van der Waals surface area contributed by atoms with Crippen molar-refractivity contribution in [2.75, 3.05) is 6.54 Å². The van der Waals surface area contributed by atoms with Crippen molar-refractivity contribution >= 4 is 34.0 Å². The van der Waals surface area contributed by atoms with Crippen molar-refractivity contribution in [2.24, 2.45) is 0 Å². The summed E-state index contributed by atoms with van der Waals surface area (Å²) in [5, 5.41) is 9.20. The summed E-state index contributed by atoms with van der Waals surface area (Å²) < 4.78 is 0. The van der Waals surface area contributed by atoms with Crippen LogP contribution in [-0.4, -0.2) is 6.54 Å². The molecule has 3 aromatic carbocycles. The van der Waals surface area contributed by atoms with Gasteiger partial charge in [-0.15, -0.1) is 12.4 Å². The molecule has 1 atom stereocenters. The van der Waals surface area contributed by atoms with Crippen LogP contribution in [0.25, 0.3) is 21.5 Å². The predicted octanol–water partition coefficient (Wildman–Crippen LogP) is 5.23. The molecule has 1 saturated heterocycles. The molecule has 21 heavy (non-hydrogen) atoms. The summed E-state index contributed by atoms with van der Waals surface area (Å²) in [6.07, 6.45) is 3.89. The van der Waals surface area contributed by atoms with Crippen LogP contribution >= 0.6 is 12.4 Å². The van der Waals surface area contributed by atoms with Crippen molar-refractivity contribution < 1.29 is 0 Å². The number of piperidine rings is 1. The summed E-state index contributed by atoms with van der Waals surface area (Å²) >= 11 is 0. The standard InChI is InChI=1S/C19H19N.ClH/c1-2-8-15-14(7-1)13-18(19-11-5-6-12-20-19)17-10-4-3-9-16(15)17;/h1-4,7-10,13,19-20H,5-6,11-12H2;1H/t19-;/m1./s1. The number of hydrogen-bond acceptors (Lipinski definition) is 1. The van der Waals surface area contributed by atoms with Crippen LogP contribution in [0.15, 0.2) is 54.6 Å². The van der Waals surface area contributed by atoms with Gasteiger partial charge in [-0.3, -0.25) is 0 Å². The van der Waals surface area contributed by atoms with Crippen LogP contribution in [0.2, 0.25) is 0 Å². The number of halogens is 1. The van der Waals surface area contributed by atoms with E-state index in [4.69, 9.17) is 0 Å². The average molecular weight is 298 g/mol. The summed E-state index contributed by atoms with van der Waals surface area (Å²) in [5.41, 5.74) is 1.47. The second-order valence-electron chi connectivity index (χ2n) is 5.74. The molecule has 0 saturated carbocycles. The van der Waals surface area contributed by atoms with Gasteiger partial charge in [0.25, 0.3) is 0 Å². The maximum absolute atomic E-state index is 3.69. The lowest BCUT2D eigenvalue weighted by atomic mass is 9.90. The highest BCUT2D eigenvalue weighted by atomic mass is 35.5. The van der Waals surface area contributed by atoms with E-state index in [0.29, 0.717) is 6.04 Å². The van der Waals surface area contributed by atoms with E-state index < -0.39 is 0 Å². The largest absolute Gasteiger partial charge is 0.310 e. The Morgan fingerprint density at radius 1 is 0.810 bits per heavy atom. The van der Waals surface area contributed by atoms with Gasteiger partial charge in [0.05, 0.1) is 0 Å². The van der Waals surface area contributed by atoms with Crippen LogP contribution in [0, 0.1) is 0 Å². The minimum absolute atomic E-state index is 0. The summed E-state index contributed by atoms with van der Waals surface area (Å²) in [7, 11) is 0. The fourth-order valence-corrected chi connectivity index (χ4v) is 3.49. The Morgan fingerprint density at radius 2 is 1.52 bits per heavy atom. The quantitative estimate of drug-likeness (QED) is 0.607. The van der Waals surface area contributed by atoms with Crippen molar-refractivity contribution in [3.8, 4) is 0 Å². The monoisotopic (exact) mass is 297 g/mol. The lowest BCUT2D eigenvalue weighted by molar-refractivity contribution is 0.414. The van der Waals surface area contributed by atoms with Gasteiger partial charge in [-0.05, 0) is 52.6 Å². The van der Waals surface area contributed by atoms with Gasteiger partial charge < -0.3 is 5.32 Å². The van der Waals surface area contributed by atoms with E-state index in [1.807, 2.05) is 0 Å². The van der Waals surface area contributed by atoms with Crippen LogP contribution < -0.4 is 5.32 Å². The molecule has 1 aliphatic rings. The number of rotatable bonds is 1. The Hall–Kier alpha value is -1.57. The Morgan fingerprint density at radius 3 is 2.29 bits per heavy atom. The van der Waals surface area contributed by atoms with E-state index in [2.05, 4.69) is 59.9 Å². The van der Waals surface area contributed by atoms with Crippen molar-refractivity contribution in [2.45, 2.75) is 25.3 Å². The van der Waals surface area contributed by atoms with Gasteiger partial charge in [0.1, 0.15) is 0 Å². The molecule has 2 heteroatoms. The highest BCUT2D eigenvalue weighted by Crippen LogP contribution is 2.34. The van der Waals surface area contributed by atoms with E-state index in [-0.39, 0.29) is 12.4 Å². The van der Waals surface area contributed by atoms with Crippen molar-refractivity contribution in [1.29, 1.82) is 0 Å². The van der Waals surface area contributed by atoms with Crippen molar-refractivity contribution in [3.05, 3.63) is 60.2 Å². The molecule has 0 unspecified atom stereocenters. The molecule has 108 valence electrons. The van der Waals surface area contributed by atoms with E-state index in [1.54, 1.807) is 0 Å². The van der Waals surface area contributed by atoms with Crippen LogP contribution in [0.5, 0.6) is 0 Å². The zero-order valence-corrected chi connectivity index (χ0v) is 12.8. The second kappa shape index (κ2) is 6.05. The van der Waals surface area contributed by atoms with E-state index in [0.717, 1.165) is 6.54 Å². The molecule has 1 heterocycles. The predicted molar refractivity (Wildman–Crippen MR) is 93.3 cm³/mol. The number of benzene rings is 3. The molecule has 0 radical (unpaired) electrons. The third kappa shape index (κ3) is 2.52. The molecular weight excluding hydrogens is 278 g/mol. The minimum atomic E-state index is 0. The molecule has 1 N–H and O–H groups in total. The van der Waals surface area contributed by atoms with Gasteiger partial charge in [-0.2, -0.15) is 0 Å². The molecule has 1 fully saturated rings. The molecular formula is C19H20ClN. The molecule has 0 aliphatic carbocycles. The Bertz CT molecular complexity index is 760. The van der Waals surface area contributed by atoms with Crippen LogP contribution in [0.3, 0.4) is 0 Å². The SMILES string of the molecule is Cl.c1ccc2c(c1)cc([C@H]1CCCCN1)c1ccccc12. The van der Waals surface area contributed by atoms with Crippen molar-refractivity contribution in [1.82, 2.24) is 5.32 Å². The fraction of sp³-hybridized carbons (Fsp3) is 0.263. The number of hydrogen-bond donors (Lipinski definition) is 1. The average Bonchev–Trinajstić information content (AvgIpc) is 2.55. The van der Waals surface area contributed by atoms with Crippen molar-refractivity contribution in [3.63, 3.8) is 0 Å². The molecule has 0 bridgehead atoms. The van der Waals surface area contributed by atoms with Crippen LogP contribution in [0.4, 0.5) is 0 Å². The smallest absolute Gasteiger partial charge is 0.0326 e.